The van der Waals surface area contributed by atoms with E-state index in [1.54, 1.807) is 30.3 Å². The smallest absolute Gasteiger partial charge is 0.337 e. The summed E-state index contributed by atoms with van der Waals surface area (Å²) in [6.07, 6.45) is 0. The quantitative estimate of drug-likeness (QED) is 0.877. The second kappa shape index (κ2) is 6.15. The van der Waals surface area contributed by atoms with Gasteiger partial charge in [-0.15, -0.1) is 0 Å². The van der Waals surface area contributed by atoms with Crippen molar-refractivity contribution in [2.24, 2.45) is 0 Å². The van der Waals surface area contributed by atoms with Crippen LogP contribution in [0, 0.1) is 0 Å². The lowest BCUT2D eigenvalue weighted by atomic mass is 10.2. The highest BCUT2D eigenvalue weighted by Crippen LogP contribution is 2.25. The van der Waals surface area contributed by atoms with E-state index in [1.165, 1.54) is 25.3 Å². The number of methoxy groups -OCH3 is 1. The molecule has 0 aliphatic carbocycles. The zero-order valence-corrected chi connectivity index (χ0v) is 12.6. The van der Waals surface area contributed by atoms with Gasteiger partial charge in [0.2, 0.25) is 0 Å². The van der Waals surface area contributed by atoms with Crippen molar-refractivity contribution >= 4 is 33.3 Å². The monoisotopic (exact) mass is 325 g/mol. The Morgan fingerprint density at radius 2 is 1.81 bits per heavy atom. The molecule has 1 N–H and O–H groups in total. The Balaban J connectivity index is 2.42. The Morgan fingerprint density at radius 1 is 1.14 bits per heavy atom. The number of hydrogen-bond acceptors (Lipinski definition) is 4. The van der Waals surface area contributed by atoms with Gasteiger partial charge in [0.25, 0.3) is 10.0 Å². The lowest BCUT2D eigenvalue weighted by molar-refractivity contribution is 0.0600. The number of benzene rings is 2. The molecule has 7 heteroatoms. The summed E-state index contributed by atoms with van der Waals surface area (Å²) >= 11 is 5.92. The van der Waals surface area contributed by atoms with Crippen LogP contribution in [0.4, 0.5) is 5.69 Å². The molecule has 110 valence electrons. The van der Waals surface area contributed by atoms with Crippen LogP contribution in [-0.4, -0.2) is 21.5 Å². The summed E-state index contributed by atoms with van der Waals surface area (Å²) in [6.45, 7) is 0. The Bertz CT molecular complexity index is 760. The Morgan fingerprint density at radius 3 is 2.43 bits per heavy atom. The first kappa shape index (κ1) is 15.3. The molecule has 2 rings (SSSR count). The van der Waals surface area contributed by atoms with Gasteiger partial charge in [0, 0.05) is 5.69 Å². The van der Waals surface area contributed by atoms with Gasteiger partial charge in [-0.1, -0.05) is 29.8 Å². The maximum Gasteiger partial charge on any atom is 0.337 e. The summed E-state index contributed by atoms with van der Waals surface area (Å²) < 4.78 is 31.6. The van der Waals surface area contributed by atoms with Crippen LogP contribution in [0.15, 0.2) is 53.4 Å². The maximum atomic E-state index is 12.3. The van der Waals surface area contributed by atoms with E-state index in [4.69, 9.17) is 11.6 Å². The first-order valence-electron chi connectivity index (χ1n) is 5.90. The van der Waals surface area contributed by atoms with E-state index >= 15 is 0 Å². The summed E-state index contributed by atoms with van der Waals surface area (Å²) in [5, 5.41) is 0.0195. The molecule has 0 radical (unpaired) electrons. The Labute approximate surface area is 127 Å². The van der Waals surface area contributed by atoms with E-state index in [-0.39, 0.29) is 15.5 Å². The van der Waals surface area contributed by atoms with E-state index in [1.807, 2.05) is 0 Å². The Kier molecular flexibility index (Phi) is 4.50. The molecule has 0 fully saturated rings. The van der Waals surface area contributed by atoms with E-state index in [0.29, 0.717) is 5.69 Å². The van der Waals surface area contributed by atoms with Crippen LogP contribution in [0.1, 0.15) is 10.4 Å². The molecule has 0 amide bonds. The van der Waals surface area contributed by atoms with Gasteiger partial charge in [0.15, 0.2) is 0 Å². The third-order valence-corrected chi connectivity index (χ3v) is 4.53. The molecule has 2 aromatic rings. The fraction of sp³-hybridized carbons (Fsp3) is 0.0714. The first-order chi connectivity index (χ1) is 9.94. The lowest BCUT2D eigenvalue weighted by Crippen LogP contribution is -2.14. The van der Waals surface area contributed by atoms with Gasteiger partial charge in [0.05, 0.1) is 17.7 Å². The molecule has 0 aliphatic heterocycles. The number of rotatable bonds is 4. The summed E-state index contributed by atoms with van der Waals surface area (Å²) in [6, 6.07) is 12.3. The van der Waals surface area contributed by atoms with Crippen molar-refractivity contribution in [3.63, 3.8) is 0 Å². The topological polar surface area (TPSA) is 72.5 Å². The van der Waals surface area contributed by atoms with Crippen molar-refractivity contribution in [2.45, 2.75) is 4.90 Å². The van der Waals surface area contributed by atoms with E-state index < -0.39 is 16.0 Å². The molecule has 5 nitrogen and oxygen atoms in total. The zero-order valence-electron chi connectivity index (χ0n) is 11.0. The molecule has 2 aromatic carbocycles. The number of hydrogen-bond donors (Lipinski definition) is 1. The van der Waals surface area contributed by atoms with Crippen LogP contribution >= 0.6 is 11.6 Å². The molecule has 0 spiro atoms. The predicted octanol–water partition coefficient (Wildman–Crippen LogP) is 2.93. The number of esters is 1. The molecular formula is C14H12ClNO4S. The second-order valence-corrected chi connectivity index (χ2v) is 6.17. The molecule has 0 heterocycles. The summed E-state index contributed by atoms with van der Waals surface area (Å²) in [5.74, 6) is -0.636. The zero-order chi connectivity index (χ0) is 15.5. The third kappa shape index (κ3) is 3.53. The highest BCUT2D eigenvalue weighted by atomic mass is 35.5. The van der Waals surface area contributed by atoms with Crippen LogP contribution < -0.4 is 4.72 Å². The van der Waals surface area contributed by atoms with Crippen molar-refractivity contribution in [3.8, 4) is 0 Å². The normalized spacial score (nSPS) is 11.0. The molecule has 0 atom stereocenters. The van der Waals surface area contributed by atoms with E-state index in [0.717, 1.165) is 0 Å². The van der Waals surface area contributed by atoms with Crippen LogP contribution in [0.3, 0.4) is 0 Å². The summed E-state index contributed by atoms with van der Waals surface area (Å²) in [7, 11) is -2.68. The minimum Gasteiger partial charge on any atom is -0.465 e. The highest BCUT2D eigenvalue weighted by Gasteiger charge is 2.20. The standard InChI is InChI=1S/C14H12ClNO4S/c1-20-14(17)10-7-8-12(15)13(9-10)21(18,19)16-11-5-3-2-4-6-11/h2-9,16H,1H3. The minimum atomic E-state index is -3.90. The summed E-state index contributed by atoms with van der Waals surface area (Å²) in [5.41, 5.74) is 0.507. The molecular weight excluding hydrogens is 314 g/mol. The number of carbonyl (C=O) groups excluding carboxylic acids is 1. The van der Waals surface area contributed by atoms with Crippen LogP contribution in [-0.2, 0) is 14.8 Å². The van der Waals surface area contributed by atoms with Gasteiger partial charge in [0.1, 0.15) is 4.90 Å². The number of anilines is 1. The number of sulfonamides is 1. The number of para-hydroxylation sites is 1. The molecule has 0 saturated carbocycles. The van der Waals surface area contributed by atoms with Crippen LogP contribution in [0.5, 0.6) is 0 Å². The molecule has 0 aromatic heterocycles. The fourth-order valence-electron chi connectivity index (χ4n) is 1.67. The average Bonchev–Trinajstić information content (AvgIpc) is 2.47. The third-order valence-electron chi connectivity index (χ3n) is 2.67. The first-order valence-corrected chi connectivity index (χ1v) is 7.76. The van der Waals surface area contributed by atoms with Crippen molar-refractivity contribution in [3.05, 3.63) is 59.1 Å². The van der Waals surface area contributed by atoms with E-state index in [9.17, 15) is 13.2 Å². The molecule has 0 unspecified atom stereocenters. The largest absolute Gasteiger partial charge is 0.465 e. The minimum absolute atomic E-state index is 0.0195. The van der Waals surface area contributed by atoms with Gasteiger partial charge < -0.3 is 4.74 Å². The van der Waals surface area contributed by atoms with Gasteiger partial charge in [-0.05, 0) is 30.3 Å². The van der Waals surface area contributed by atoms with Crippen molar-refractivity contribution < 1.29 is 17.9 Å². The predicted molar refractivity (Wildman–Crippen MR) is 80.0 cm³/mol. The molecule has 21 heavy (non-hydrogen) atoms. The molecule has 0 saturated heterocycles. The molecule has 0 bridgehead atoms. The molecule has 0 aliphatic rings. The SMILES string of the molecule is COC(=O)c1ccc(Cl)c(S(=O)(=O)Nc2ccccc2)c1. The number of ether oxygens (including phenoxy) is 1. The Hall–Kier alpha value is -2.05. The van der Waals surface area contributed by atoms with Gasteiger partial charge >= 0.3 is 5.97 Å². The average molecular weight is 326 g/mol. The number of nitrogens with one attached hydrogen (secondary N) is 1. The summed E-state index contributed by atoms with van der Waals surface area (Å²) in [4.78, 5) is 11.3. The number of carbonyl (C=O) groups is 1. The lowest BCUT2D eigenvalue weighted by Gasteiger charge is -2.10. The number of halogens is 1. The fourth-order valence-corrected chi connectivity index (χ4v) is 3.26. The van der Waals surface area contributed by atoms with E-state index in [2.05, 4.69) is 9.46 Å². The van der Waals surface area contributed by atoms with Crippen molar-refractivity contribution in [1.82, 2.24) is 0 Å². The second-order valence-electron chi connectivity index (χ2n) is 4.11. The van der Waals surface area contributed by atoms with Crippen LogP contribution in [0.2, 0.25) is 5.02 Å². The van der Waals surface area contributed by atoms with Gasteiger partial charge in [-0.3, -0.25) is 4.72 Å². The van der Waals surface area contributed by atoms with Gasteiger partial charge in [-0.2, -0.15) is 0 Å². The van der Waals surface area contributed by atoms with Gasteiger partial charge in [-0.25, -0.2) is 13.2 Å². The van der Waals surface area contributed by atoms with Crippen molar-refractivity contribution in [2.75, 3.05) is 11.8 Å². The maximum absolute atomic E-state index is 12.3. The highest BCUT2D eigenvalue weighted by molar-refractivity contribution is 7.92. The van der Waals surface area contributed by atoms with Crippen molar-refractivity contribution in [1.29, 1.82) is 0 Å². The van der Waals surface area contributed by atoms with Crippen LogP contribution in [0.25, 0.3) is 0 Å².